The van der Waals surface area contributed by atoms with Gasteiger partial charge in [0.05, 0.1) is 35.6 Å². The second-order valence-corrected chi connectivity index (χ2v) is 9.51. The van der Waals surface area contributed by atoms with Gasteiger partial charge in [0, 0.05) is 25.3 Å². The van der Waals surface area contributed by atoms with Gasteiger partial charge in [-0.25, -0.2) is 13.4 Å². The van der Waals surface area contributed by atoms with Crippen LogP contribution in [0.2, 0.25) is 0 Å². The van der Waals surface area contributed by atoms with Gasteiger partial charge in [-0.2, -0.15) is 4.31 Å². The zero-order valence-electron chi connectivity index (χ0n) is 17.7. The van der Waals surface area contributed by atoms with E-state index in [0.29, 0.717) is 56.1 Å². The first-order valence-electron chi connectivity index (χ1n) is 10.2. The molecule has 3 aromatic rings. The van der Waals surface area contributed by atoms with E-state index in [1.807, 2.05) is 17.0 Å². The van der Waals surface area contributed by atoms with Crippen molar-refractivity contribution in [3.63, 3.8) is 0 Å². The number of anilines is 1. The highest BCUT2D eigenvalue weighted by molar-refractivity contribution is 7.89. The molecule has 1 fully saturated rings. The fraction of sp³-hybridized carbons (Fsp3) is 0.304. The molecule has 1 N–H and O–H groups in total. The summed E-state index contributed by atoms with van der Waals surface area (Å²) < 4.78 is 32.4. The molecule has 1 aromatic heterocycles. The van der Waals surface area contributed by atoms with Crippen molar-refractivity contribution in [3.8, 4) is 12.3 Å². The Morgan fingerprint density at radius 1 is 1.19 bits per heavy atom. The lowest BCUT2D eigenvalue weighted by molar-refractivity contribution is 0.0730. The summed E-state index contributed by atoms with van der Waals surface area (Å²) in [4.78, 5) is 21.5. The number of hydrogen-bond donors (Lipinski definition) is 1. The van der Waals surface area contributed by atoms with Crippen LogP contribution in [0.4, 0.5) is 5.69 Å². The van der Waals surface area contributed by atoms with E-state index < -0.39 is 10.0 Å². The van der Waals surface area contributed by atoms with E-state index >= 15 is 0 Å². The zero-order valence-corrected chi connectivity index (χ0v) is 18.6. The topological polar surface area (TPSA) is 95.6 Å². The predicted octanol–water partition coefficient (Wildman–Crippen LogP) is 1.89. The van der Waals surface area contributed by atoms with Crippen LogP contribution < -0.4 is 10.5 Å². The molecule has 166 valence electrons. The average Bonchev–Trinajstić information content (AvgIpc) is 2.80. The first kappa shape index (κ1) is 22.0. The number of nitrogens with one attached hydrogen (secondary N) is 1. The molecule has 32 heavy (non-hydrogen) atoms. The van der Waals surface area contributed by atoms with Crippen LogP contribution >= 0.6 is 0 Å². The van der Waals surface area contributed by atoms with Gasteiger partial charge in [0.25, 0.3) is 5.56 Å². The molecular formula is C23H24N4O4S. The fourth-order valence-electron chi connectivity index (χ4n) is 3.74. The van der Waals surface area contributed by atoms with Gasteiger partial charge in [-0.15, -0.1) is 6.42 Å². The van der Waals surface area contributed by atoms with Gasteiger partial charge in [-0.3, -0.25) is 4.79 Å². The molecule has 0 bridgehead atoms. The van der Waals surface area contributed by atoms with Gasteiger partial charge < -0.3 is 14.6 Å². The lowest BCUT2D eigenvalue weighted by Gasteiger charge is -2.27. The molecule has 0 aliphatic carbocycles. The van der Waals surface area contributed by atoms with Crippen molar-refractivity contribution in [2.75, 3.05) is 37.7 Å². The zero-order chi connectivity index (χ0) is 22.7. The molecule has 9 heteroatoms. The summed E-state index contributed by atoms with van der Waals surface area (Å²) in [6, 6.07) is 12.2. The summed E-state index contributed by atoms with van der Waals surface area (Å²) in [5.41, 5.74) is 2.14. The summed E-state index contributed by atoms with van der Waals surface area (Å²) in [5, 5.41) is 0.515. The second kappa shape index (κ2) is 9.12. The Balaban J connectivity index is 1.58. The highest BCUT2D eigenvalue weighted by atomic mass is 32.2. The summed E-state index contributed by atoms with van der Waals surface area (Å²) in [6.45, 7) is 4.03. The van der Waals surface area contributed by atoms with Crippen molar-refractivity contribution in [3.05, 3.63) is 64.2 Å². The Bertz CT molecular complexity index is 1320. The number of rotatable bonds is 6. The molecule has 1 aliphatic rings. The minimum absolute atomic E-state index is 0.185. The molecule has 0 spiro atoms. The first-order chi connectivity index (χ1) is 15.4. The molecule has 2 aromatic carbocycles. The van der Waals surface area contributed by atoms with Crippen molar-refractivity contribution in [1.82, 2.24) is 14.3 Å². The van der Waals surface area contributed by atoms with Crippen LogP contribution in [0.1, 0.15) is 11.4 Å². The molecular weight excluding hydrogens is 428 g/mol. The quantitative estimate of drug-likeness (QED) is 0.574. The predicted molar refractivity (Wildman–Crippen MR) is 123 cm³/mol. The summed E-state index contributed by atoms with van der Waals surface area (Å²) in [5.74, 6) is 3.21. The van der Waals surface area contributed by atoms with Crippen molar-refractivity contribution in [1.29, 1.82) is 0 Å². The molecule has 0 saturated carbocycles. The number of aromatic amines is 1. The second-order valence-electron chi connectivity index (χ2n) is 7.57. The number of fused-ring (bicyclic) bond motifs is 1. The van der Waals surface area contributed by atoms with Crippen molar-refractivity contribution >= 4 is 26.6 Å². The highest BCUT2D eigenvalue weighted by Gasteiger charge is 2.26. The van der Waals surface area contributed by atoms with E-state index in [2.05, 4.69) is 15.9 Å². The number of sulfonamides is 1. The molecule has 1 saturated heterocycles. The first-order valence-corrected chi connectivity index (χ1v) is 11.7. The lowest BCUT2D eigenvalue weighted by Crippen LogP contribution is -2.40. The standard InChI is InChI=1S/C23H24N4O4S/c1-3-10-26(16-18-4-9-22-21(15-18)23(28)25-17(2)24-22)19-5-7-20(8-6-19)32(29,30)27-11-13-31-14-12-27/h1,4-9,15H,10-14,16H2,2H3,(H,24,25,28). The van der Waals surface area contributed by atoms with E-state index in [-0.39, 0.29) is 10.5 Å². The minimum Gasteiger partial charge on any atom is -0.379 e. The third kappa shape index (κ3) is 4.53. The monoisotopic (exact) mass is 452 g/mol. The third-order valence-corrected chi connectivity index (χ3v) is 7.27. The highest BCUT2D eigenvalue weighted by Crippen LogP contribution is 2.23. The maximum atomic E-state index is 12.9. The van der Waals surface area contributed by atoms with Crippen molar-refractivity contribution in [2.24, 2.45) is 0 Å². The van der Waals surface area contributed by atoms with Crippen LogP contribution in [0.5, 0.6) is 0 Å². The maximum Gasteiger partial charge on any atom is 0.258 e. The van der Waals surface area contributed by atoms with Crippen molar-refractivity contribution < 1.29 is 13.2 Å². The molecule has 1 aliphatic heterocycles. The van der Waals surface area contributed by atoms with E-state index in [4.69, 9.17) is 11.2 Å². The van der Waals surface area contributed by atoms with Gasteiger partial charge in [-0.1, -0.05) is 12.0 Å². The third-order valence-electron chi connectivity index (χ3n) is 5.35. The Morgan fingerprint density at radius 3 is 2.59 bits per heavy atom. The maximum absolute atomic E-state index is 12.9. The van der Waals surface area contributed by atoms with Crippen LogP contribution in [-0.4, -0.2) is 55.5 Å². The number of H-pyrrole nitrogens is 1. The van der Waals surface area contributed by atoms with Crippen LogP contribution in [0.3, 0.4) is 0 Å². The number of aryl methyl sites for hydroxylation is 1. The molecule has 0 unspecified atom stereocenters. The smallest absolute Gasteiger partial charge is 0.258 e. The van der Waals surface area contributed by atoms with E-state index in [1.165, 1.54) is 4.31 Å². The van der Waals surface area contributed by atoms with Crippen LogP contribution in [-0.2, 0) is 21.3 Å². The minimum atomic E-state index is -3.56. The summed E-state index contributed by atoms with van der Waals surface area (Å²) in [7, 11) is -3.56. The number of hydrogen-bond acceptors (Lipinski definition) is 6. The number of benzene rings is 2. The normalized spacial score (nSPS) is 14.9. The van der Waals surface area contributed by atoms with Gasteiger partial charge in [-0.05, 0) is 48.9 Å². The number of terminal acetylenes is 1. The van der Waals surface area contributed by atoms with Gasteiger partial charge >= 0.3 is 0 Å². The Hall–Kier alpha value is -3.19. The molecule has 8 nitrogen and oxygen atoms in total. The molecule has 0 atom stereocenters. The molecule has 4 rings (SSSR count). The molecule has 0 radical (unpaired) electrons. The van der Waals surface area contributed by atoms with Crippen LogP contribution in [0, 0.1) is 19.3 Å². The van der Waals surface area contributed by atoms with E-state index in [1.54, 1.807) is 37.3 Å². The van der Waals surface area contributed by atoms with Crippen molar-refractivity contribution in [2.45, 2.75) is 18.4 Å². The number of nitrogens with zero attached hydrogens (tertiary/aromatic N) is 3. The average molecular weight is 453 g/mol. The number of aromatic nitrogens is 2. The largest absolute Gasteiger partial charge is 0.379 e. The number of morpholine rings is 1. The van der Waals surface area contributed by atoms with E-state index in [9.17, 15) is 13.2 Å². The summed E-state index contributed by atoms with van der Waals surface area (Å²) in [6.07, 6.45) is 5.58. The Kier molecular flexibility index (Phi) is 6.28. The Morgan fingerprint density at radius 2 is 1.91 bits per heavy atom. The van der Waals surface area contributed by atoms with Gasteiger partial charge in [0.1, 0.15) is 5.82 Å². The Labute approximate surface area is 186 Å². The SMILES string of the molecule is C#CCN(Cc1ccc2nc(C)[nH]c(=O)c2c1)c1ccc(S(=O)(=O)N2CCOCC2)cc1. The molecule has 2 heterocycles. The van der Waals surface area contributed by atoms with Gasteiger partial charge in [0.2, 0.25) is 10.0 Å². The lowest BCUT2D eigenvalue weighted by atomic mass is 10.1. The van der Waals surface area contributed by atoms with Crippen LogP contribution in [0.25, 0.3) is 10.9 Å². The molecule has 0 amide bonds. The van der Waals surface area contributed by atoms with E-state index in [0.717, 1.165) is 11.3 Å². The fourth-order valence-corrected chi connectivity index (χ4v) is 5.14. The van der Waals surface area contributed by atoms with Gasteiger partial charge in [0.15, 0.2) is 0 Å². The number of ether oxygens (including phenoxy) is 1. The summed E-state index contributed by atoms with van der Waals surface area (Å²) >= 11 is 0. The van der Waals surface area contributed by atoms with Crippen LogP contribution in [0.15, 0.2) is 52.2 Å².